The third-order valence-electron chi connectivity index (χ3n) is 4.53. The van der Waals surface area contributed by atoms with E-state index in [4.69, 9.17) is 9.47 Å². The molecule has 2 aliphatic rings. The van der Waals surface area contributed by atoms with Gasteiger partial charge in [0.1, 0.15) is 6.10 Å². The molecule has 0 spiro atoms. The lowest BCUT2D eigenvalue weighted by Gasteiger charge is -2.16. The lowest BCUT2D eigenvalue weighted by Crippen LogP contribution is -2.31. The fraction of sp³-hybridized carbons (Fsp3) is 0.529. The highest BCUT2D eigenvalue weighted by Gasteiger charge is 2.30. The first kappa shape index (κ1) is 16.6. The Morgan fingerprint density at radius 2 is 2.19 bits per heavy atom. The topological polar surface area (TPSA) is 85.6 Å². The van der Waals surface area contributed by atoms with Crippen molar-refractivity contribution in [3.63, 3.8) is 0 Å². The number of carbonyl (C=O) groups is 1. The molecule has 0 radical (unpaired) electrons. The predicted molar refractivity (Wildman–Crippen MR) is 93.6 cm³/mol. The fourth-order valence-electron chi connectivity index (χ4n) is 3.13. The fourth-order valence-corrected chi connectivity index (χ4v) is 3.13. The molecule has 1 atom stereocenters. The molecule has 2 aliphatic heterocycles. The molecule has 0 saturated carbocycles. The number of amides is 1. The van der Waals surface area contributed by atoms with Gasteiger partial charge in [-0.05, 0) is 6.07 Å². The molecule has 4 rings (SSSR count). The number of fused-ring (bicyclic) bond motifs is 1. The Balaban J connectivity index is 1.37. The molecule has 138 valence electrons. The van der Waals surface area contributed by atoms with E-state index in [2.05, 4.69) is 15.3 Å². The van der Waals surface area contributed by atoms with Gasteiger partial charge in [-0.3, -0.25) is 4.79 Å². The van der Waals surface area contributed by atoms with Crippen LogP contribution in [-0.4, -0.2) is 70.7 Å². The van der Waals surface area contributed by atoms with Crippen LogP contribution in [0.4, 0.5) is 5.82 Å². The van der Waals surface area contributed by atoms with Crippen LogP contribution >= 0.6 is 0 Å². The Hall–Kier alpha value is -2.84. The highest BCUT2D eigenvalue weighted by atomic mass is 16.5. The third kappa shape index (κ3) is 3.29. The Morgan fingerprint density at radius 3 is 2.92 bits per heavy atom. The van der Waals surface area contributed by atoms with Crippen molar-refractivity contribution in [2.24, 2.45) is 0 Å². The summed E-state index contributed by atoms with van der Waals surface area (Å²) in [5.41, 5.74) is 0.428. The van der Waals surface area contributed by atoms with Gasteiger partial charge in [-0.1, -0.05) is 0 Å². The third-order valence-corrected chi connectivity index (χ3v) is 4.53. The van der Waals surface area contributed by atoms with Gasteiger partial charge in [0, 0.05) is 52.2 Å². The molecular formula is C17H22N6O3. The first-order chi connectivity index (χ1) is 12.6. The van der Waals surface area contributed by atoms with Gasteiger partial charge < -0.3 is 19.3 Å². The number of hydrogen-bond donors (Lipinski definition) is 0. The van der Waals surface area contributed by atoms with E-state index in [0.29, 0.717) is 37.2 Å². The Labute approximate surface area is 151 Å². The van der Waals surface area contributed by atoms with Crippen LogP contribution in [0.25, 0.3) is 0 Å². The largest absolute Gasteiger partial charge is 0.478 e. The molecule has 2 aromatic heterocycles. The summed E-state index contributed by atoms with van der Waals surface area (Å²) in [6.45, 7) is 2.61. The highest BCUT2D eigenvalue weighted by Crippen LogP contribution is 2.22. The first-order valence-electron chi connectivity index (χ1n) is 8.78. The van der Waals surface area contributed by atoms with E-state index in [-0.39, 0.29) is 12.0 Å². The lowest BCUT2D eigenvalue weighted by molar-refractivity contribution is 0.0764. The van der Waals surface area contributed by atoms with E-state index >= 15 is 0 Å². The molecule has 4 heterocycles. The van der Waals surface area contributed by atoms with Crippen LogP contribution in [0.2, 0.25) is 0 Å². The van der Waals surface area contributed by atoms with Crippen molar-refractivity contribution in [1.82, 2.24) is 24.9 Å². The monoisotopic (exact) mass is 358 g/mol. The summed E-state index contributed by atoms with van der Waals surface area (Å²) in [5, 5.41) is 12.6. The average Bonchev–Trinajstić information content (AvgIpc) is 3.28. The molecular weight excluding hydrogens is 336 g/mol. The van der Waals surface area contributed by atoms with Gasteiger partial charge in [0.15, 0.2) is 11.5 Å². The molecule has 1 unspecified atom stereocenters. The Morgan fingerprint density at radius 1 is 1.31 bits per heavy atom. The molecule has 1 amide bonds. The van der Waals surface area contributed by atoms with Crippen molar-refractivity contribution in [2.75, 3.05) is 38.7 Å². The molecule has 0 aromatic carbocycles. The summed E-state index contributed by atoms with van der Waals surface area (Å²) >= 11 is 0. The summed E-state index contributed by atoms with van der Waals surface area (Å²) in [6.07, 6.45) is 1.58. The number of hydrogen-bond acceptors (Lipinski definition) is 7. The second kappa shape index (κ2) is 6.81. The maximum atomic E-state index is 12.7. The minimum Gasteiger partial charge on any atom is -0.478 e. The van der Waals surface area contributed by atoms with Crippen LogP contribution in [-0.2, 0) is 6.54 Å². The number of likely N-dealkylation sites (tertiary alicyclic amines) is 1. The molecule has 9 nitrogen and oxygen atoms in total. The van der Waals surface area contributed by atoms with Crippen molar-refractivity contribution < 1.29 is 14.3 Å². The van der Waals surface area contributed by atoms with Gasteiger partial charge in [-0.15, -0.1) is 10.2 Å². The lowest BCUT2D eigenvalue weighted by atomic mass is 10.3. The SMILES string of the molecule is CN(C)c1ccc(OC2CCN(C(=O)c3cc4n(n3)CCCO4)C2)nn1. The molecule has 26 heavy (non-hydrogen) atoms. The number of aryl methyl sites for hydroxylation is 1. The summed E-state index contributed by atoms with van der Waals surface area (Å²) in [6, 6.07) is 5.38. The maximum absolute atomic E-state index is 12.7. The first-order valence-corrected chi connectivity index (χ1v) is 8.78. The number of carbonyl (C=O) groups excluding carboxylic acids is 1. The second-order valence-corrected chi connectivity index (χ2v) is 6.70. The number of aromatic nitrogens is 4. The smallest absolute Gasteiger partial charge is 0.274 e. The molecule has 0 bridgehead atoms. The van der Waals surface area contributed by atoms with Crippen LogP contribution in [0.15, 0.2) is 18.2 Å². The summed E-state index contributed by atoms with van der Waals surface area (Å²) in [4.78, 5) is 16.3. The molecule has 2 aromatic rings. The number of anilines is 1. The normalized spacial score (nSPS) is 19.0. The van der Waals surface area contributed by atoms with Crippen molar-refractivity contribution in [2.45, 2.75) is 25.5 Å². The number of ether oxygens (including phenoxy) is 2. The highest BCUT2D eigenvalue weighted by molar-refractivity contribution is 5.92. The molecule has 1 saturated heterocycles. The van der Waals surface area contributed by atoms with Crippen LogP contribution in [0, 0.1) is 0 Å². The number of rotatable bonds is 4. The zero-order valence-corrected chi connectivity index (χ0v) is 15.0. The predicted octanol–water partition coefficient (Wildman–Crippen LogP) is 0.815. The van der Waals surface area contributed by atoms with Crippen molar-refractivity contribution in [3.8, 4) is 11.8 Å². The van der Waals surface area contributed by atoms with Crippen LogP contribution in [0.3, 0.4) is 0 Å². The maximum Gasteiger partial charge on any atom is 0.274 e. The van der Waals surface area contributed by atoms with Crippen LogP contribution in [0.5, 0.6) is 11.8 Å². The van der Waals surface area contributed by atoms with E-state index in [1.807, 2.05) is 25.1 Å². The molecule has 9 heteroatoms. The van der Waals surface area contributed by atoms with Crippen LogP contribution in [0.1, 0.15) is 23.3 Å². The molecule has 1 fully saturated rings. The minimum absolute atomic E-state index is 0.0874. The van der Waals surface area contributed by atoms with Crippen LogP contribution < -0.4 is 14.4 Å². The summed E-state index contributed by atoms with van der Waals surface area (Å²) in [5.74, 6) is 1.82. The van der Waals surface area contributed by atoms with E-state index in [1.54, 1.807) is 21.7 Å². The quantitative estimate of drug-likeness (QED) is 0.800. The Kier molecular flexibility index (Phi) is 4.36. The zero-order chi connectivity index (χ0) is 18.1. The van der Waals surface area contributed by atoms with Crippen molar-refractivity contribution >= 4 is 11.7 Å². The number of nitrogens with zero attached hydrogens (tertiary/aromatic N) is 6. The molecule has 0 aliphatic carbocycles. The minimum atomic E-state index is -0.0908. The van der Waals surface area contributed by atoms with E-state index in [1.165, 1.54) is 0 Å². The van der Waals surface area contributed by atoms with Gasteiger partial charge in [0.25, 0.3) is 5.91 Å². The van der Waals surface area contributed by atoms with Gasteiger partial charge in [0.05, 0.1) is 13.2 Å². The van der Waals surface area contributed by atoms with Crippen molar-refractivity contribution in [1.29, 1.82) is 0 Å². The zero-order valence-electron chi connectivity index (χ0n) is 15.0. The summed E-state index contributed by atoms with van der Waals surface area (Å²) < 4.78 is 13.2. The van der Waals surface area contributed by atoms with E-state index in [0.717, 1.165) is 25.2 Å². The van der Waals surface area contributed by atoms with E-state index in [9.17, 15) is 4.79 Å². The average molecular weight is 358 g/mol. The van der Waals surface area contributed by atoms with Gasteiger partial charge in [-0.2, -0.15) is 5.10 Å². The standard InChI is InChI=1S/C17H22N6O3/c1-21(2)14-4-5-15(19-18-14)26-12-6-8-22(11-12)17(24)13-10-16-23(20-13)7-3-9-25-16/h4-5,10,12H,3,6-9,11H2,1-2H3. The Bertz CT molecular complexity index is 765. The van der Waals surface area contributed by atoms with Crippen molar-refractivity contribution in [3.05, 3.63) is 23.9 Å². The van der Waals surface area contributed by atoms with Gasteiger partial charge >= 0.3 is 0 Å². The second-order valence-electron chi connectivity index (χ2n) is 6.70. The van der Waals surface area contributed by atoms with Gasteiger partial charge in [0.2, 0.25) is 11.8 Å². The van der Waals surface area contributed by atoms with E-state index < -0.39 is 0 Å². The summed E-state index contributed by atoms with van der Waals surface area (Å²) in [7, 11) is 3.81. The molecule has 0 N–H and O–H groups in total. The van der Waals surface area contributed by atoms with Gasteiger partial charge in [-0.25, -0.2) is 4.68 Å².